The Morgan fingerprint density at radius 1 is 1.26 bits per heavy atom. The molecule has 1 atom stereocenters. The highest BCUT2D eigenvalue weighted by Crippen LogP contribution is 2.35. The third-order valence-electron chi connectivity index (χ3n) is 4.22. The first kappa shape index (κ1) is 15.8. The minimum Gasteiger partial charge on any atom is -0.443 e. The van der Waals surface area contributed by atoms with Gasteiger partial charge in [-0.15, -0.1) is 0 Å². The molecule has 1 unspecified atom stereocenters. The first-order chi connectivity index (χ1) is 10.8. The molecule has 1 aliphatic rings. The van der Waals surface area contributed by atoms with Crippen LogP contribution in [0.3, 0.4) is 0 Å². The maximum Gasteiger partial charge on any atom is 0.419 e. The average Bonchev–Trinajstić information content (AvgIpc) is 2.85. The lowest BCUT2D eigenvalue weighted by molar-refractivity contribution is -0.120. The number of hydrogen-bond donors (Lipinski definition) is 0. The highest BCUT2D eigenvalue weighted by molar-refractivity contribution is 5.91. The lowest BCUT2D eigenvalue weighted by atomic mass is 9.86. The lowest BCUT2D eigenvalue weighted by Crippen LogP contribution is -2.29. The van der Waals surface area contributed by atoms with E-state index in [0.29, 0.717) is 12.8 Å². The Morgan fingerprint density at radius 2 is 2.00 bits per heavy atom. The van der Waals surface area contributed by atoms with E-state index in [1.807, 2.05) is 51.1 Å². The molecule has 2 aromatic rings. The van der Waals surface area contributed by atoms with E-state index in [1.165, 1.54) is 0 Å². The molecule has 4 heteroatoms. The molecule has 1 fully saturated rings. The van der Waals surface area contributed by atoms with E-state index in [4.69, 9.17) is 4.74 Å². The summed E-state index contributed by atoms with van der Waals surface area (Å²) in [5, 5.41) is 1.01. The molecule has 1 aliphatic carbocycles. The molecule has 0 amide bonds. The predicted octanol–water partition coefficient (Wildman–Crippen LogP) is 4.65. The molecular weight excluding hydrogens is 290 g/mol. The number of Topliss-reactive ketones (excluding diaryl/α,β-unsaturated/α-hetero) is 1. The van der Waals surface area contributed by atoms with E-state index in [-0.39, 0.29) is 17.8 Å². The number of nitrogens with zero attached hydrogens (tertiary/aromatic N) is 1. The second-order valence-corrected chi connectivity index (χ2v) is 7.28. The van der Waals surface area contributed by atoms with E-state index in [9.17, 15) is 9.59 Å². The molecule has 3 rings (SSSR count). The molecule has 0 spiro atoms. The number of carbonyl (C=O) groups excluding carboxylic acids is 2. The second kappa shape index (κ2) is 5.84. The van der Waals surface area contributed by atoms with Gasteiger partial charge in [-0.2, -0.15) is 0 Å². The third kappa shape index (κ3) is 3.31. The van der Waals surface area contributed by atoms with Crippen molar-refractivity contribution in [3.05, 3.63) is 36.0 Å². The summed E-state index contributed by atoms with van der Waals surface area (Å²) >= 11 is 0. The van der Waals surface area contributed by atoms with Crippen LogP contribution in [0.1, 0.15) is 58.1 Å². The number of hydrogen-bond acceptors (Lipinski definition) is 3. The zero-order valence-corrected chi connectivity index (χ0v) is 14.0. The van der Waals surface area contributed by atoms with Gasteiger partial charge in [0.05, 0.1) is 5.52 Å². The van der Waals surface area contributed by atoms with Gasteiger partial charge < -0.3 is 4.74 Å². The van der Waals surface area contributed by atoms with E-state index >= 15 is 0 Å². The number of aromatic nitrogens is 1. The molecule has 1 saturated carbocycles. The Kier molecular flexibility index (Phi) is 4.00. The van der Waals surface area contributed by atoms with Gasteiger partial charge in [-0.05, 0) is 45.7 Å². The lowest BCUT2D eigenvalue weighted by Gasteiger charge is -2.25. The molecular formula is C19H23NO3. The van der Waals surface area contributed by atoms with E-state index in [2.05, 4.69) is 0 Å². The molecule has 122 valence electrons. The normalized spacial score (nSPS) is 19.1. The topological polar surface area (TPSA) is 48.3 Å². The van der Waals surface area contributed by atoms with Crippen molar-refractivity contribution < 1.29 is 14.3 Å². The summed E-state index contributed by atoms with van der Waals surface area (Å²) < 4.78 is 7.24. The largest absolute Gasteiger partial charge is 0.443 e. The number of para-hydroxylation sites is 1. The van der Waals surface area contributed by atoms with Crippen LogP contribution >= 0.6 is 0 Å². The van der Waals surface area contributed by atoms with Crippen LogP contribution in [-0.2, 0) is 9.53 Å². The smallest absolute Gasteiger partial charge is 0.419 e. The van der Waals surface area contributed by atoms with Crippen LogP contribution in [0.15, 0.2) is 30.3 Å². The van der Waals surface area contributed by atoms with Gasteiger partial charge in [0, 0.05) is 29.8 Å². The summed E-state index contributed by atoms with van der Waals surface area (Å²) in [7, 11) is 0. The van der Waals surface area contributed by atoms with Crippen LogP contribution in [0.2, 0.25) is 0 Å². The molecule has 1 aromatic heterocycles. The highest BCUT2D eigenvalue weighted by atomic mass is 16.6. The first-order valence-electron chi connectivity index (χ1n) is 8.20. The Labute approximate surface area is 136 Å². The minimum atomic E-state index is -0.553. The molecule has 1 heterocycles. The molecule has 0 saturated heterocycles. The summed E-state index contributed by atoms with van der Waals surface area (Å²) in [6.07, 6.45) is 2.62. The maximum atomic E-state index is 12.7. The molecule has 0 N–H and O–H groups in total. The highest BCUT2D eigenvalue weighted by Gasteiger charge is 2.28. The van der Waals surface area contributed by atoms with Crippen LogP contribution < -0.4 is 0 Å². The number of ether oxygens (including phenoxy) is 1. The number of carbonyl (C=O) groups is 2. The van der Waals surface area contributed by atoms with Crippen molar-refractivity contribution >= 4 is 22.8 Å². The van der Waals surface area contributed by atoms with Crippen LogP contribution in [0.25, 0.3) is 10.9 Å². The van der Waals surface area contributed by atoms with Gasteiger partial charge in [0.25, 0.3) is 0 Å². The number of rotatable bonds is 1. The van der Waals surface area contributed by atoms with Crippen molar-refractivity contribution in [2.75, 3.05) is 0 Å². The van der Waals surface area contributed by atoms with Crippen molar-refractivity contribution in [2.45, 2.75) is 58.0 Å². The van der Waals surface area contributed by atoms with Crippen molar-refractivity contribution in [3.8, 4) is 0 Å². The minimum absolute atomic E-state index is 0.0937. The summed E-state index contributed by atoms with van der Waals surface area (Å²) in [4.78, 5) is 24.6. The van der Waals surface area contributed by atoms with Gasteiger partial charge in [-0.3, -0.25) is 4.79 Å². The zero-order chi connectivity index (χ0) is 16.6. The van der Waals surface area contributed by atoms with Gasteiger partial charge in [0.15, 0.2) is 0 Å². The Hall–Kier alpha value is -2.10. The van der Waals surface area contributed by atoms with Crippen molar-refractivity contribution in [2.24, 2.45) is 0 Å². The molecule has 0 aliphatic heterocycles. The monoisotopic (exact) mass is 313 g/mol. The fourth-order valence-corrected chi connectivity index (χ4v) is 3.26. The SMILES string of the molecule is CC(C)(C)OC(=O)n1c(C2CCCC(=O)C2)cc2ccccc21. The molecule has 23 heavy (non-hydrogen) atoms. The van der Waals surface area contributed by atoms with Crippen molar-refractivity contribution in [1.29, 1.82) is 0 Å². The van der Waals surface area contributed by atoms with Crippen molar-refractivity contribution in [3.63, 3.8) is 0 Å². The Morgan fingerprint density at radius 3 is 2.70 bits per heavy atom. The predicted molar refractivity (Wildman–Crippen MR) is 89.8 cm³/mol. The molecule has 1 aromatic carbocycles. The molecule has 0 radical (unpaired) electrons. The summed E-state index contributed by atoms with van der Waals surface area (Å²) in [6.45, 7) is 5.58. The fraction of sp³-hybridized carbons (Fsp3) is 0.474. The van der Waals surface area contributed by atoms with E-state index in [0.717, 1.165) is 29.4 Å². The van der Waals surface area contributed by atoms with Crippen LogP contribution in [0, 0.1) is 0 Å². The number of ketones is 1. The quantitative estimate of drug-likeness (QED) is 0.770. The Balaban J connectivity index is 2.07. The molecule has 4 nitrogen and oxygen atoms in total. The van der Waals surface area contributed by atoms with Crippen LogP contribution in [-0.4, -0.2) is 22.0 Å². The second-order valence-electron chi connectivity index (χ2n) is 7.28. The fourth-order valence-electron chi connectivity index (χ4n) is 3.26. The standard InChI is InChI=1S/C19H23NO3/c1-19(2,3)23-18(22)20-16-10-5-4-7-14(16)12-17(20)13-8-6-9-15(21)11-13/h4-5,7,10,12-13H,6,8-9,11H2,1-3H3. The third-order valence-corrected chi connectivity index (χ3v) is 4.22. The summed E-state index contributed by atoms with van der Waals surface area (Å²) in [6, 6.07) is 9.82. The van der Waals surface area contributed by atoms with E-state index < -0.39 is 5.60 Å². The average molecular weight is 313 g/mol. The van der Waals surface area contributed by atoms with Crippen LogP contribution in [0.5, 0.6) is 0 Å². The van der Waals surface area contributed by atoms with Crippen molar-refractivity contribution in [1.82, 2.24) is 4.57 Å². The first-order valence-corrected chi connectivity index (χ1v) is 8.20. The van der Waals surface area contributed by atoms with Crippen LogP contribution in [0.4, 0.5) is 4.79 Å². The van der Waals surface area contributed by atoms with Gasteiger partial charge in [0.2, 0.25) is 0 Å². The molecule has 0 bridgehead atoms. The zero-order valence-electron chi connectivity index (χ0n) is 14.0. The Bertz CT molecular complexity index is 752. The summed E-state index contributed by atoms with van der Waals surface area (Å²) in [5.41, 5.74) is 1.19. The maximum absolute atomic E-state index is 12.7. The van der Waals surface area contributed by atoms with Gasteiger partial charge >= 0.3 is 6.09 Å². The van der Waals surface area contributed by atoms with Gasteiger partial charge in [-0.1, -0.05) is 18.2 Å². The number of benzene rings is 1. The van der Waals surface area contributed by atoms with Gasteiger partial charge in [0.1, 0.15) is 11.4 Å². The van der Waals surface area contributed by atoms with Gasteiger partial charge in [-0.25, -0.2) is 9.36 Å². The summed E-state index contributed by atoms with van der Waals surface area (Å²) in [5.74, 6) is 0.374. The number of fused-ring (bicyclic) bond motifs is 1. The van der Waals surface area contributed by atoms with E-state index in [1.54, 1.807) is 4.57 Å².